The fourth-order valence-corrected chi connectivity index (χ4v) is 4.35. The lowest BCUT2D eigenvalue weighted by atomic mass is 9.89. The fourth-order valence-electron chi connectivity index (χ4n) is 4.35. The Bertz CT molecular complexity index is 765. The first-order chi connectivity index (χ1) is 12.2. The van der Waals surface area contributed by atoms with Gasteiger partial charge in [0.05, 0.1) is 13.2 Å². The summed E-state index contributed by atoms with van der Waals surface area (Å²) in [7, 11) is 0. The minimum atomic E-state index is -0.382. The summed E-state index contributed by atoms with van der Waals surface area (Å²) in [5, 5.41) is 7.53. The van der Waals surface area contributed by atoms with E-state index in [0.717, 1.165) is 25.7 Å². The molecule has 1 N–H and O–H groups in total. The van der Waals surface area contributed by atoms with E-state index in [9.17, 15) is 13.6 Å². The predicted octanol–water partition coefficient (Wildman–Crippen LogP) is 3.78. The lowest BCUT2D eigenvalue weighted by Crippen LogP contribution is -2.50. The summed E-state index contributed by atoms with van der Waals surface area (Å²) in [6, 6.07) is 4.54. The van der Waals surface area contributed by atoms with Crippen LogP contribution in [-0.4, -0.2) is 34.8 Å². The van der Waals surface area contributed by atoms with Gasteiger partial charge in [0.15, 0.2) is 5.58 Å². The van der Waals surface area contributed by atoms with Crippen molar-refractivity contribution in [2.75, 3.05) is 6.67 Å². The van der Waals surface area contributed by atoms with Crippen molar-refractivity contribution in [1.82, 2.24) is 15.4 Å². The average Bonchev–Trinajstić information content (AvgIpc) is 3.11. The molecule has 0 aliphatic carbocycles. The number of carbonyl (C=O) groups is 1. The first-order valence-electron chi connectivity index (χ1n) is 8.81. The van der Waals surface area contributed by atoms with Crippen molar-refractivity contribution >= 4 is 17.0 Å². The van der Waals surface area contributed by atoms with Crippen LogP contribution in [0.3, 0.4) is 0 Å². The van der Waals surface area contributed by atoms with Crippen LogP contribution < -0.4 is 5.32 Å². The Morgan fingerprint density at radius 3 is 2.80 bits per heavy atom. The fraction of sp³-hybridized carbons (Fsp3) is 0.556. The Hall–Kier alpha value is -2.18. The Kier molecular flexibility index (Phi) is 4.31. The van der Waals surface area contributed by atoms with E-state index < -0.39 is 0 Å². The van der Waals surface area contributed by atoms with Crippen molar-refractivity contribution in [2.45, 2.75) is 50.7 Å². The Labute approximate surface area is 144 Å². The number of aromatic nitrogens is 1. The summed E-state index contributed by atoms with van der Waals surface area (Å²) >= 11 is 0. The van der Waals surface area contributed by atoms with Gasteiger partial charge in [-0.25, -0.2) is 9.18 Å². The molecule has 2 aliphatic rings. The van der Waals surface area contributed by atoms with Crippen molar-refractivity contribution in [1.29, 1.82) is 0 Å². The van der Waals surface area contributed by atoms with Gasteiger partial charge in [0.25, 0.3) is 0 Å². The van der Waals surface area contributed by atoms with Gasteiger partial charge in [0.2, 0.25) is 0 Å². The van der Waals surface area contributed by atoms with Crippen LogP contribution in [0.25, 0.3) is 11.0 Å². The summed E-state index contributed by atoms with van der Waals surface area (Å²) in [6.07, 6.45) is 4.37. The molecule has 0 radical (unpaired) electrons. The maximum absolute atomic E-state index is 13.2. The van der Waals surface area contributed by atoms with E-state index in [0.29, 0.717) is 29.0 Å². The number of amides is 2. The molecule has 2 amide bonds. The summed E-state index contributed by atoms with van der Waals surface area (Å²) in [5.74, 6) is 0.00731. The zero-order valence-corrected chi connectivity index (χ0v) is 13.9. The quantitative estimate of drug-likeness (QED) is 0.914. The molecule has 25 heavy (non-hydrogen) atoms. The maximum Gasteiger partial charge on any atom is 0.318 e. The zero-order valence-electron chi connectivity index (χ0n) is 13.9. The van der Waals surface area contributed by atoms with Crippen LogP contribution in [0.1, 0.15) is 37.8 Å². The number of benzene rings is 1. The molecule has 2 aliphatic heterocycles. The van der Waals surface area contributed by atoms with Gasteiger partial charge in [0.1, 0.15) is 11.5 Å². The monoisotopic (exact) mass is 349 g/mol. The van der Waals surface area contributed by atoms with Gasteiger partial charge in [0, 0.05) is 23.5 Å². The number of carbonyl (C=O) groups excluding carboxylic acids is 1. The van der Waals surface area contributed by atoms with Crippen LogP contribution in [0.2, 0.25) is 0 Å². The Balaban J connectivity index is 1.41. The SMILES string of the molecule is O=C(NCc1noc2cc(F)ccc12)N1C2CCC1CC(CCF)C2. The van der Waals surface area contributed by atoms with Crippen molar-refractivity contribution < 1.29 is 18.1 Å². The highest BCUT2D eigenvalue weighted by atomic mass is 19.1. The number of halogens is 2. The Morgan fingerprint density at radius 1 is 1.32 bits per heavy atom. The van der Waals surface area contributed by atoms with Crippen molar-refractivity contribution in [3.63, 3.8) is 0 Å². The van der Waals surface area contributed by atoms with Crippen LogP contribution in [0, 0.1) is 11.7 Å². The van der Waals surface area contributed by atoms with Crippen molar-refractivity contribution in [3.05, 3.63) is 29.7 Å². The number of piperidine rings is 1. The third-order valence-electron chi connectivity index (χ3n) is 5.50. The molecule has 134 valence electrons. The second-order valence-electron chi connectivity index (χ2n) is 7.04. The standard InChI is InChI=1S/C18H21F2N3O2/c19-6-5-11-7-13-2-3-14(8-11)23(13)18(24)21-10-16-15-4-1-12(20)9-17(15)25-22-16/h1,4,9,11,13-14H,2-3,5-8,10H2,(H,21,24). The van der Waals surface area contributed by atoms with Crippen LogP contribution in [0.15, 0.2) is 22.7 Å². The van der Waals surface area contributed by atoms with E-state index in [1.165, 1.54) is 12.1 Å². The molecular formula is C18H21F2N3O2. The molecule has 0 saturated carbocycles. The van der Waals surface area contributed by atoms with Crippen molar-refractivity contribution in [2.24, 2.45) is 5.92 Å². The third kappa shape index (κ3) is 3.07. The molecule has 2 saturated heterocycles. The number of urea groups is 1. The number of nitrogens with one attached hydrogen (secondary N) is 1. The lowest BCUT2D eigenvalue weighted by molar-refractivity contribution is 0.116. The maximum atomic E-state index is 13.2. The van der Waals surface area contributed by atoms with E-state index >= 15 is 0 Å². The molecule has 7 heteroatoms. The Morgan fingerprint density at radius 2 is 2.08 bits per heavy atom. The first kappa shape index (κ1) is 16.3. The number of hydrogen-bond acceptors (Lipinski definition) is 3. The minimum absolute atomic E-state index is 0.107. The van der Waals surface area contributed by atoms with E-state index in [2.05, 4.69) is 10.5 Å². The third-order valence-corrected chi connectivity index (χ3v) is 5.50. The van der Waals surface area contributed by atoms with Gasteiger partial charge in [-0.15, -0.1) is 0 Å². The van der Waals surface area contributed by atoms with Gasteiger partial charge in [-0.1, -0.05) is 5.16 Å². The van der Waals surface area contributed by atoms with Crippen LogP contribution in [-0.2, 0) is 6.54 Å². The molecule has 2 fully saturated rings. The van der Waals surface area contributed by atoms with E-state index in [4.69, 9.17) is 4.52 Å². The van der Waals surface area contributed by atoms with Gasteiger partial charge >= 0.3 is 6.03 Å². The minimum Gasteiger partial charge on any atom is -0.356 e. The molecule has 5 nitrogen and oxygen atoms in total. The topological polar surface area (TPSA) is 58.4 Å². The zero-order chi connectivity index (χ0) is 17.4. The van der Waals surface area contributed by atoms with Crippen molar-refractivity contribution in [3.8, 4) is 0 Å². The molecule has 2 aromatic rings. The lowest BCUT2D eigenvalue weighted by Gasteiger charge is -2.38. The summed E-state index contributed by atoms with van der Waals surface area (Å²) in [5.41, 5.74) is 0.958. The molecule has 2 bridgehead atoms. The summed E-state index contributed by atoms with van der Waals surface area (Å²) in [4.78, 5) is 14.6. The largest absolute Gasteiger partial charge is 0.356 e. The highest BCUT2D eigenvalue weighted by Crippen LogP contribution is 2.39. The predicted molar refractivity (Wildman–Crippen MR) is 88.2 cm³/mol. The van der Waals surface area contributed by atoms with Crippen LogP contribution in [0.4, 0.5) is 13.6 Å². The number of fused-ring (bicyclic) bond motifs is 3. The first-order valence-corrected chi connectivity index (χ1v) is 8.81. The summed E-state index contributed by atoms with van der Waals surface area (Å²) < 4.78 is 30.9. The highest BCUT2D eigenvalue weighted by molar-refractivity contribution is 5.80. The second-order valence-corrected chi connectivity index (χ2v) is 7.04. The molecule has 2 atom stereocenters. The van der Waals surface area contributed by atoms with Gasteiger partial charge in [-0.05, 0) is 50.2 Å². The smallest absolute Gasteiger partial charge is 0.318 e. The second kappa shape index (κ2) is 6.61. The molecule has 3 heterocycles. The van der Waals surface area contributed by atoms with Gasteiger partial charge < -0.3 is 14.7 Å². The van der Waals surface area contributed by atoms with Crippen LogP contribution >= 0.6 is 0 Å². The number of hydrogen-bond donors (Lipinski definition) is 1. The number of rotatable bonds is 4. The van der Waals surface area contributed by atoms with E-state index in [-0.39, 0.29) is 37.2 Å². The van der Waals surface area contributed by atoms with E-state index in [1.54, 1.807) is 6.07 Å². The number of alkyl halides is 1. The molecule has 4 rings (SSSR count). The summed E-state index contributed by atoms with van der Waals surface area (Å²) in [6.45, 7) is -0.0442. The van der Waals surface area contributed by atoms with Gasteiger partial charge in [-0.2, -0.15) is 0 Å². The molecule has 1 aromatic heterocycles. The van der Waals surface area contributed by atoms with E-state index in [1.807, 2.05) is 4.90 Å². The molecule has 2 unspecified atom stereocenters. The average molecular weight is 349 g/mol. The normalized spacial score (nSPS) is 25.5. The molecular weight excluding hydrogens is 328 g/mol. The van der Waals surface area contributed by atoms with Gasteiger partial charge in [-0.3, -0.25) is 4.39 Å². The number of nitrogens with zero attached hydrogens (tertiary/aromatic N) is 2. The molecule has 1 aromatic carbocycles. The molecule has 0 spiro atoms. The highest BCUT2D eigenvalue weighted by Gasteiger charge is 2.42. The van der Waals surface area contributed by atoms with Crippen LogP contribution in [0.5, 0.6) is 0 Å².